The molecule has 1 N–H and O–H groups in total. The van der Waals surface area contributed by atoms with Crippen LogP contribution in [0.1, 0.15) is 42.7 Å². The Hall–Kier alpha value is -1.29. The van der Waals surface area contributed by atoms with Crippen LogP contribution in [0.5, 0.6) is 0 Å². The first-order valence-electron chi connectivity index (χ1n) is 6.91. The van der Waals surface area contributed by atoms with Crippen LogP contribution in [0.25, 0.3) is 0 Å². The SMILES string of the molecule is O=C(NC1CCN(C2CCCC2)C1)c1ccco1. The van der Waals surface area contributed by atoms with Crippen molar-refractivity contribution in [1.82, 2.24) is 10.2 Å². The Labute approximate surface area is 107 Å². The van der Waals surface area contributed by atoms with Gasteiger partial charge in [-0.25, -0.2) is 0 Å². The summed E-state index contributed by atoms with van der Waals surface area (Å²) in [5.41, 5.74) is 0. The first-order chi connectivity index (χ1) is 8.83. The van der Waals surface area contributed by atoms with Crippen molar-refractivity contribution in [1.29, 1.82) is 0 Å². The van der Waals surface area contributed by atoms with E-state index in [9.17, 15) is 4.79 Å². The monoisotopic (exact) mass is 248 g/mol. The van der Waals surface area contributed by atoms with E-state index in [1.54, 1.807) is 12.1 Å². The smallest absolute Gasteiger partial charge is 0.287 e. The molecule has 18 heavy (non-hydrogen) atoms. The summed E-state index contributed by atoms with van der Waals surface area (Å²) < 4.78 is 5.11. The van der Waals surface area contributed by atoms with E-state index < -0.39 is 0 Å². The highest BCUT2D eigenvalue weighted by atomic mass is 16.3. The Morgan fingerprint density at radius 3 is 2.89 bits per heavy atom. The van der Waals surface area contributed by atoms with E-state index in [0.29, 0.717) is 5.76 Å². The molecule has 98 valence electrons. The molecule has 1 aromatic rings. The van der Waals surface area contributed by atoms with Gasteiger partial charge in [-0.15, -0.1) is 0 Å². The second-order valence-electron chi connectivity index (χ2n) is 5.37. The lowest BCUT2D eigenvalue weighted by Gasteiger charge is -2.23. The van der Waals surface area contributed by atoms with Gasteiger partial charge in [-0.05, 0) is 31.4 Å². The Kier molecular flexibility index (Phi) is 3.37. The van der Waals surface area contributed by atoms with Crippen molar-refractivity contribution in [2.24, 2.45) is 0 Å². The molecule has 0 aromatic carbocycles. The Morgan fingerprint density at radius 2 is 2.17 bits per heavy atom. The van der Waals surface area contributed by atoms with E-state index >= 15 is 0 Å². The molecule has 1 saturated heterocycles. The summed E-state index contributed by atoms with van der Waals surface area (Å²) in [7, 11) is 0. The zero-order valence-corrected chi connectivity index (χ0v) is 10.6. The molecule has 1 saturated carbocycles. The quantitative estimate of drug-likeness (QED) is 0.890. The number of nitrogens with zero attached hydrogens (tertiary/aromatic N) is 1. The van der Waals surface area contributed by atoms with Crippen LogP contribution in [0.3, 0.4) is 0 Å². The van der Waals surface area contributed by atoms with Gasteiger partial charge in [-0.3, -0.25) is 9.69 Å². The highest BCUT2D eigenvalue weighted by molar-refractivity contribution is 5.91. The van der Waals surface area contributed by atoms with E-state index in [1.807, 2.05) is 0 Å². The van der Waals surface area contributed by atoms with Crippen LogP contribution in [0.4, 0.5) is 0 Å². The lowest BCUT2D eigenvalue weighted by atomic mass is 10.2. The minimum absolute atomic E-state index is 0.0849. The van der Waals surface area contributed by atoms with Crippen LogP contribution in [0, 0.1) is 0 Å². The van der Waals surface area contributed by atoms with Gasteiger partial charge in [0.25, 0.3) is 5.91 Å². The average molecular weight is 248 g/mol. The standard InChI is InChI=1S/C14H20N2O2/c17-14(13-6-3-9-18-13)15-11-7-8-16(10-11)12-4-1-2-5-12/h3,6,9,11-12H,1-2,4-5,7-8,10H2,(H,15,17). The normalized spacial score (nSPS) is 25.7. The van der Waals surface area contributed by atoms with Crippen LogP contribution >= 0.6 is 0 Å². The molecule has 2 heterocycles. The third-order valence-corrected chi connectivity index (χ3v) is 4.14. The average Bonchev–Trinajstić information content (AvgIpc) is 3.12. The van der Waals surface area contributed by atoms with Gasteiger partial charge in [0, 0.05) is 25.2 Å². The highest BCUT2D eigenvalue weighted by Gasteiger charge is 2.30. The number of hydrogen-bond acceptors (Lipinski definition) is 3. The number of hydrogen-bond donors (Lipinski definition) is 1. The molecule has 1 aliphatic heterocycles. The largest absolute Gasteiger partial charge is 0.459 e. The molecule has 4 heteroatoms. The summed E-state index contributed by atoms with van der Waals surface area (Å²) in [4.78, 5) is 14.4. The Morgan fingerprint density at radius 1 is 1.33 bits per heavy atom. The van der Waals surface area contributed by atoms with Crippen molar-refractivity contribution in [3.63, 3.8) is 0 Å². The number of furan rings is 1. The van der Waals surface area contributed by atoms with E-state index in [1.165, 1.54) is 31.9 Å². The van der Waals surface area contributed by atoms with Crippen molar-refractivity contribution in [2.75, 3.05) is 13.1 Å². The van der Waals surface area contributed by atoms with Gasteiger partial charge < -0.3 is 9.73 Å². The van der Waals surface area contributed by atoms with Crippen molar-refractivity contribution in [2.45, 2.75) is 44.2 Å². The fraction of sp³-hybridized carbons (Fsp3) is 0.643. The number of amides is 1. The van der Waals surface area contributed by atoms with Gasteiger partial charge in [0.05, 0.1) is 6.26 Å². The van der Waals surface area contributed by atoms with E-state index in [-0.39, 0.29) is 11.9 Å². The molecule has 2 fully saturated rings. The summed E-state index contributed by atoms with van der Waals surface area (Å²) in [6.07, 6.45) is 7.99. The predicted molar refractivity (Wildman–Crippen MR) is 68.4 cm³/mol. The Balaban J connectivity index is 1.51. The number of carbonyl (C=O) groups is 1. The second-order valence-corrected chi connectivity index (χ2v) is 5.37. The maximum atomic E-state index is 11.9. The molecule has 3 rings (SSSR count). The molecule has 1 amide bonds. The van der Waals surface area contributed by atoms with Gasteiger partial charge in [0.1, 0.15) is 0 Å². The summed E-state index contributed by atoms with van der Waals surface area (Å²) in [6, 6.07) is 4.49. The molecule has 1 atom stereocenters. The third-order valence-electron chi connectivity index (χ3n) is 4.14. The van der Waals surface area contributed by atoms with Gasteiger partial charge in [0.15, 0.2) is 5.76 Å². The molecule has 1 aromatic heterocycles. The summed E-state index contributed by atoms with van der Waals surface area (Å²) >= 11 is 0. The van der Waals surface area contributed by atoms with Crippen LogP contribution in [0.15, 0.2) is 22.8 Å². The zero-order chi connectivity index (χ0) is 12.4. The van der Waals surface area contributed by atoms with Crippen molar-refractivity contribution in [3.8, 4) is 0 Å². The highest BCUT2D eigenvalue weighted by Crippen LogP contribution is 2.26. The molecule has 0 radical (unpaired) electrons. The first-order valence-corrected chi connectivity index (χ1v) is 6.91. The third kappa shape index (κ3) is 2.43. The maximum Gasteiger partial charge on any atom is 0.287 e. The second kappa shape index (κ2) is 5.14. The van der Waals surface area contributed by atoms with Gasteiger partial charge in [-0.1, -0.05) is 12.8 Å². The van der Waals surface area contributed by atoms with Crippen LogP contribution in [-0.4, -0.2) is 36.0 Å². The van der Waals surface area contributed by atoms with Gasteiger partial charge >= 0.3 is 0 Å². The topological polar surface area (TPSA) is 45.5 Å². The molecule has 0 spiro atoms. The van der Waals surface area contributed by atoms with Gasteiger partial charge in [-0.2, -0.15) is 0 Å². The predicted octanol–water partition coefficient (Wildman–Crippen LogP) is 2.03. The molecule has 4 nitrogen and oxygen atoms in total. The lowest BCUT2D eigenvalue weighted by Crippen LogP contribution is -2.39. The zero-order valence-electron chi connectivity index (χ0n) is 10.6. The first kappa shape index (κ1) is 11.8. The molecule has 0 bridgehead atoms. The summed E-state index contributed by atoms with van der Waals surface area (Å²) in [5.74, 6) is 0.326. The molecular formula is C14H20N2O2. The molecule has 2 aliphatic rings. The lowest BCUT2D eigenvalue weighted by molar-refractivity contribution is 0.0908. The minimum atomic E-state index is -0.0849. The van der Waals surface area contributed by atoms with Crippen molar-refractivity contribution in [3.05, 3.63) is 24.2 Å². The van der Waals surface area contributed by atoms with E-state index in [4.69, 9.17) is 4.42 Å². The van der Waals surface area contributed by atoms with E-state index in [0.717, 1.165) is 25.6 Å². The fourth-order valence-corrected chi connectivity index (χ4v) is 3.17. The number of carbonyl (C=O) groups excluding carboxylic acids is 1. The fourth-order valence-electron chi connectivity index (χ4n) is 3.17. The number of rotatable bonds is 3. The maximum absolute atomic E-state index is 11.9. The van der Waals surface area contributed by atoms with Crippen LogP contribution < -0.4 is 5.32 Å². The molecular weight excluding hydrogens is 228 g/mol. The summed E-state index contributed by atoms with van der Waals surface area (Å²) in [5, 5.41) is 3.06. The summed E-state index contributed by atoms with van der Waals surface area (Å²) in [6.45, 7) is 2.12. The van der Waals surface area contributed by atoms with Crippen LogP contribution in [0.2, 0.25) is 0 Å². The minimum Gasteiger partial charge on any atom is -0.459 e. The molecule has 1 aliphatic carbocycles. The Bertz CT molecular complexity index is 396. The van der Waals surface area contributed by atoms with Gasteiger partial charge in [0.2, 0.25) is 0 Å². The molecule has 1 unspecified atom stereocenters. The van der Waals surface area contributed by atoms with Crippen molar-refractivity contribution >= 4 is 5.91 Å². The number of likely N-dealkylation sites (tertiary alicyclic amines) is 1. The number of nitrogens with one attached hydrogen (secondary N) is 1. The van der Waals surface area contributed by atoms with Crippen molar-refractivity contribution < 1.29 is 9.21 Å². The van der Waals surface area contributed by atoms with E-state index in [2.05, 4.69) is 10.2 Å². The van der Waals surface area contributed by atoms with Crippen LogP contribution in [-0.2, 0) is 0 Å².